The maximum Gasteiger partial charge on any atom is 0.178 e. The van der Waals surface area contributed by atoms with Crippen molar-refractivity contribution >= 4 is 44.4 Å². The van der Waals surface area contributed by atoms with Crippen LogP contribution >= 0.6 is 38.6 Å². The van der Waals surface area contributed by atoms with Gasteiger partial charge in [0.1, 0.15) is 10.7 Å². The van der Waals surface area contributed by atoms with Crippen molar-refractivity contribution in [1.82, 2.24) is 4.98 Å². The molecule has 2 nitrogen and oxygen atoms in total. The number of Topliss-reactive ketones (excluding diaryl/α,β-unsaturated/α-hetero) is 1. The van der Waals surface area contributed by atoms with Gasteiger partial charge in [-0.2, -0.15) is 0 Å². The van der Waals surface area contributed by atoms with Gasteiger partial charge >= 0.3 is 0 Å². The van der Waals surface area contributed by atoms with Crippen LogP contribution in [-0.2, 0) is 0 Å². The molecule has 15 heavy (non-hydrogen) atoms. The van der Waals surface area contributed by atoms with Crippen LogP contribution in [0, 0.1) is 6.92 Å². The van der Waals surface area contributed by atoms with Crippen LogP contribution in [0.15, 0.2) is 15.9 Å². The van der Waals surface area contributed by atoms with Crippen molar-refractivity contribution in [3.63, 3.8) is 0 Å². The zero-order valence-electron chi connectivity index (χ0n) is 8.20. The van der Waals surface area contributed by atoms with Crippen molar-refractivity contribution in [2.75, 3.05) is 0 Å². The van der Waals surface area contributed by atoms with Gasteiger partial charge in [-0.1, -0.05) is 0 Å². The van der Waals surface area contributed by atoms with Gasteiger partial charge in [0.05, 0.1) is 4.88 Å². The van der Waals surface area contributed by atoms with Gasteiger partial charge in [-0.15, -0.1) is 22.7 Å². The molecule has 2 aromatic rings. The second-order valence-electron chi connectivity index (χ2n) is 3.11. The molecule has 0 aliphatic carbocycles. The molecule has 0 amide bonds. The Labute approximate surface area is 104 Å². The first-order valence-electron chi connectivity index (χ1n) is 4.30. The normalized spacial score (nSPS) is 10.6. The minimum Gasteiger partial charge on any atom is -0.293 e. The second kappa shape index (κ2) is 4.15. The molecule has 0 saturated heterocycles. The van der Waals surface area contributed by atoms with Crippen LogP contribution in [-0.4, -0.2) is 10.8 Å². The fourth-order valence-corrected chi connectivity index (χ4v) is 3.57. The number of carbonyl (C=O) groups excluding carboxylic acids is 1. The number of carbonyl (C=O) groups is 1. The zero-order chi connectivity index (χ0) is 11.0. The van der Waals surface area contributed by atoms with Crippen LogP contribution in [0.4, 0.5) is 0 Å². The van der Waals surface area contributed by atoms with Gasteiger partial charge in [0.15, 0.2) is 5.78 Å². The van der Waals surface area contributed by atoms with E-state index in [-0.39, 0.29) is 5.78 Å². The lowest BCUT2D eigenvalue weighted by atomic mass is 10.3. The summed E-state index contributed by atoms with van der Waals surface area (Å²) in [5, 5.41) is 2.72. The fraction of sp³-hybridized carbons (Fsp3) is 0.200. The number of rotatable bonds is 2. The van der Waals surface area contributed by atoms with E-state index in [2.05, 4.69) is 27.8 Å². The van der Waals surface area contributed by atoms with Crippen molar-refractivity contribution in [2.24, 2.45) is 0 Å². The molecular formula is C10H8BrNOS2. The van der Waals surface area contributed by atoms with Crippen LogP contribution in [0.25, 0.3) is 9.88 Å². The average molecular weight is 302 g/mol. The van der Waals surface area contributed by atoms with E-state index in [1.165, 1.54) is 23.1 Å². The molecule has 0 bridgehead atoms. The molecule has 2 rings (SSSR count). The van der Waals surface area contributed by atoms with E-state index >= 15 is 0 Å². The maximum absolute atomic E-state index is 11.1. The quantitative estimate of drug-likeness (QED) is 0.780. The topological polar surface area (TPSA) is 30.0 Å². The van der Waals surface area contributed by atoms with Gasteiger partial charge in [0, 0.05) is 21.7 Å². The van der Waals surface area contributed by atoms with Crippen LogP contribution in [0.2, 0.25) is 0 Å². The molecule has 2 heterocycles. The first kappa shape index (κ1) is 11.0. The number of halogens is 1. The summed E-state index contributed by atoms with van der Waals surface area (Å²) in [6.45, 7) is 3.59. The molecule has 78 valence electrons. The molecule has 0 N–H and O–H groups in total. The molecule has 0 atom stereocenters. The lowest BCUT2D eigenvalue weighted by Gasteiger charge is -1.87. The van der Waals surface area contributed by atoms with E-state index in [9.17, 15) is 4.79 Å². The predicted octanol–water partition coefficient (Wildman–Crippen LogP) is 4.15. The predicted molar refractivity (Wildman–Crippen MR) is 67.9 cm³/mol. The molecule has 0 aliphatic rings. The van der Waals surface area contributed by atoms with E-state index < -0.39 is 0 Å². The second-order valence-corrected chi connectivity index (χ2v) is 6.08. The van der Waals surface area contributed by atoms with Gasteiger partial charge in [-0.3, -0.25) is 4.79 Å². The van der Waals surface area contributed by atoms with Crippen molar-refractivity contribution in [1.29, 1.82) is 0 Å². The minimum atomic E-state index is 0.0184. The molecule has 0 radical (unpaired) electrons. The molecule has 5 heteroatoms. The third-order valence-electron chi connectivity index (χ3n) is 1.93. The summed E-state index contributed by atoms with van der Waals surface area (Å²) < 4.78 is 1.10. The summed E-state index contributed by atoms with van der Waals surface area (Å²) in [5.74, 6) is 0.0184. The van der Waals surface area contributed by atoms with E-state index in [0.717, 1.165) is 14.4 Å². The van der Waals surface area contributed by atoms with E-state index in [1.54, 1.807) is 16.7 Å². The standard InChI is InChI=1S/C10H8BrNOS2/c1-5(13)8-4-14-10(12-8)9-3-7(11)6(2)15-9/h3-4H,1-2H3. The number of thiophene rings is 1. The summed E-state index contributed by atoms with van der Waals surface area (Å²) in [6, 6.07) is 2.04. The Morgan fingerprint density at radius 3 is 2.73 bits per heavy atom. The summed E-state index contributed by atoms with van der Waals surface area (Å²) >= 11 is 6.66. The van der Waals surface area contributed by atoms with Crippen molar-refractivity contribution in [3.8, 4) is 9.88 Å². The first-order valence-corrected chi connectivity index (χ1v) is 6.79. The molecular weight excluding hydrogens is 294 g/mol. The Balaban J connectivity index is 2.41. The first-order chi connectivity index (χ1) is 7.08. The molecule has 0 unspecified atom stereocenters. The monoisotopic (exact) mass is 301 g/mol. The zero-order valence-corrected chi connectivity index (χ0v) is 11.4. The molecule has 0 spiro atoms. The third kappa shape index (κ3) is 2.19. The van der Waals surface area contributed by atoms with Crippen molar-refractivity contribution < 1.29 is 4.79 Å². The number of aryl methyl sites for hydroxylation is 1. The molecule has 0 aromatic carbocycles. The van der Waals surface area contributed by atoms with E-state index in [1.807, 2.05) is 6.07 Å². The molecule has 2 aromatic heterocycles. The van der Waals surface area contributed by atoms with Crippen LogP contribution in [0.1, 0.15) is 22.3 Å². The van der Waals surface area contributed by atoms with Gasteiger partial charge in [0.2, 0.25) is 0 Å². The number of hydrogen-bond acceptors (Lipinski definition) is 4. The van der Waals surface area contributed by atoms with Crippen LogP contribution in [0.5, 0.6) is 0 Å². The number of thiazole rings is 1. The highest BCUT2D eigenvalue weighted by Gasteiger charge is 2.11. The van der Waals surface area contributed by atoms with E-state index in [4.69, 9.17) is 0 Å². The number of ketones is 1. The van der Waals surface area contributed by atoms with Crippen LogP contribution < -0.4 is 0 Å². The Bertz CT molecular complexity index is 496. The Kier molecular flexibility index (Phi) is 3.04. The summed E-state index contributed by atoms with van der Waals surface area (Å²) in [6.07, 6.45) is 0. The molecule has 0 saturated carbocycles. The summed E-state index contributed by atoms with van der Waals surface area (Å²) in [5.41, 5.74) is 0.553. The number of nitrogens with zero attached hydrogens (tertiary/aromatic N) is 1. The minimum absolute atomic E-state index is 0.0184. The molecule has 0 fully saturated rings. The van der Waals surface area contributed by atoms with Crippen LogP contribution in [0.3, 0.4) is 0 Å². The van der Waals surface area contributed by atoms with Crippen molar-refractivity contribution in [2.45, 2.75) is 13.8 Å². The lowest BCUT2D eigenvalue weighted by Crippen LogP contribution is -1.90. The fourth-order valence-electron chi connectivity index (χ4n) is 1.11. The number of hydrogen-bond donors (Lipinski definition) is 0. The van der Waals surface area contributed by atoms with Crippen molar-refractivity contribution in [3.05, 3.63) is 26.5 Å². The van der Waals surface area contributed by atoms with Gasteiger partial charge in [0.25, 0.3) is 0 Å². The van der Waals surface area contributed by atoms with Gasteiger partial charge in [-0.25, -0.2) is 4.98 Å². The summed E-state index contributed by atoms with van der Waals surface area (Å²) in [4.78, 5) is 17.7. The van der Waals surface area contributed by atoms with E-state index in [0.29, 0.717) is 5.69 Å². The Hall–Kier alpha value is -0.520. The van der Waals surface area contributed by atoms with Gasteiger partial charge < -0.3 is 0 Å². The Morgan fingerprint density at radius 2 is 2.27 bits per heavy atom. The smallest absolute Gasteiger partial charge is 0.178 e. The SMILES string of the molecule is CC(=O)c1csc(-c2cc(Br)c(C)s2)n1. The maximum atomic E-state index is 11.1. The molecule has 0 aliphatic heterocycles. The highest BCUT2D eigenvalue weighted by Crippen LogP contribution is 2.35. The van der Waals surface area contributed by atoms with Gasteiger partial charge in [-0.05, 0) is 28.9 Å². The summed E-state index contributed by atoms with van der Waals surface area (Å²) in [7, 11) is 0. The number of aromatic nitrogens is 1. The highest BCUT2D eigenvalue weighted by atomic mass is 79.9. The lowest BCUT2D eigenvalue weighted by molar-refractivity contribution is 0.101. The Morgan fingerprint density at radius 1 is 1.53 bits per heavy atom. The highest BCUT2D eigenvalue weighted by molar-refractivity contribution is 9.10. The largest absolute Gasteiger partial charge is 0.293 e. The average Bonchev–Trinajstić information content (AvgIpc) is 2.74. The third-order valence-corrected chi connectivity index (χ3v) is 5.08.